The van der Waals surface area contributed by atoms with Crippen molar-refractivity contribution in [2.75, 3.05) is 32.9 Å². The average Bonchev–Trinajstić information content (AvgIpc) is 3.35. The Morgan fingerprint density at radius 1 is 1.21 bits per heavy atom. The standard InChI is InChI=1S/C18H23FN2O3/c19-14-3-1-13(2-4-14)15-11-16(15)20-17(22)21-7-10-24-18(12-21)5-8-23-9-6-18/h1-4,15-16H,5-12H2,(H,20,22)/t15-,16+/m0/s1. The number of nitrogens with one attached hydrogen (secondary N) is 1. The molecular weight excluding hydrogens is 311 g/mol. The lowest BCUT2D eigenvalue weighted by Crippen LogP contribution is -2.58. The summed E-state index contributed by atoms with van der Waals surface area (Å²) >= 11 is 0. The lowest BCUT2D eigenvalue weighted by Gasteiger charge is -2.44. The van der Waals surface area contributed by atoms with Crippen LogP contribution in [0.4, 0.5) is 9.18 Å². The maximum atomic E-state index is 13.0. The lowest BCUT2D eigenvalue weighted by molar-refractivity contribution is -0.145. The van der Waals surface area contributed by atoms with Gasteiger partial charge in [-0.25, -0.2) is 9.18 Å². The average molecular weight is 334 g/mol. The molecule has 1 N–H and O–H groups in total. The Kier molecular flexibility index (Phi) is 4.18. The molecule has 24 heavy (non-hydrogen) atoms. The summed E-state index contributed by atoms with van der Waals surface area (Å²) < 4.78 is 24.4. The molecule has 1 aromatic rings. The van der Waals surface area contributed by atoms with E-state index < -0.39 is 0 Å². The third-order valence-corrected chi connectivity index (χ3v) is 5.34. The maximum absolute atomic E-state index is 13.0. The van der Waals surface area contributed by atoms with Gasteiger partial charge in [0.2, 0.25) is 0 Å². The van der Waals surface area contributed by atoms with Gasteiger partial charge < -0.3 is 19.7 Å². The van der Waals surface area contributed by atoms with Gasteiger partial charge in [0, 0.05) is 44.6 Å². The van der Waals surface area contributed by atoms with E-state index in [2.05, 4.69) is 5.32 Å². The molecular formula is C18H23FN2O3. The van der Waals surface area contributed by atoms with Crippen molar-refractivity contribution in [1.29, 1.82) is 0 Å². The van der Waals surface area contributed by atoms with Crippen molar-refractivity contribution in [3.05, 3.63) is 35.6 Å². The smallest absolute Gasteiger partial charge is 0.317 e. The van der Waals surface area contributed by atoms with Gasteiger partial charge in [-0.05, 0) is 24.1 Å². The number of ether oxygens (including phenoxy) is 2. The van der Waals surface area contributed by atoms with Crippen LogP contribution in [0.1, 0.15) is 30.7 Å². The summed E-state index contributed by atoms with van der Waals surface area (Å²) in [5, 5.41) is 3.12. The van der Waals surface area contributed by atoms with Crippen LogP contribution in [0.25, 0.3) is 0 Å². The molecule has 1 spiro atoms. The SMILES string of the molecule is O=C(N[C@@H]1C[C@H]1c1ccc(F)cc1)N1CCOC2(CCOCC2)C1. The summed E-state index contributed by atoms with van der Waals surface area (Å²) in [6.45, 7) is 3.24. The number of carbonyl (C=O) groups excluding carboxylic acids is 1. The second kappa shape index (κ2) is 6.33. The molecule has 2 atom stereocenters. The number of halogens is 1. The van der Waals surface area contributed by atoms with E-state index in [9.17, 15) is 9.18 Å². The van der Waals surface area contributed by atoms with Gasteiger partial charge in [0.25, 0.3) is 0 Å². The van der Waals surface area contributed by atoms with Gasteiger partial charge in [-0.2, -0.15) is 0 Å². The molecule has 0 unspecified atom stereocenters. The van der Waals surface area contributed by atoms with Crippen molar-refractivity contribution >= 4 is 6.03 Å². The van der Waals surface area contributed by atoms with Crippen molar-refractivity contribution in [1.82, 2.24) is 10.2 Å². The minimum Gasteiger partial charge on any atom is -0.381 e. The van der Waals surface area contributed by atoms with Crippen LogP contribution < -0.4 is 5.32 Å². The second-order valence-electron chi connectivity index (χ2n) is 7.02. The fourth-order valence-corrected chi connectivity index (χ4v) is 3.75. The Balaban J connectivity index is 1.32. The van der Waals surface area contributed by atoms with Crippen LogP contribution in [0.5, 0.6) is 0 Å². The van der Waals surface area contributed by atoms with E-state index in [1.165, 1.54) is 12.1 Å². The van der Waals surface area contributed by atoms with Crippen molar-refractivity contribution in [3.63, 3.8) is 0 Å². The molecule has 2 heterocycles. The topological polar surface area (TPSA) is 50.8 Å². The molecule has 3 aliphatic rings. The van der Waals surface area contributed by atoms with Crippen LogP contribution in [0.3, 0.4) is 0 Å². The fraction of sp³-hybridized carbons (Fsp3) is 0.611. The Labute approximate surface area is 141 Å². The lowest BCUT2D eigenvalue weighted by atomic mass is 9.92. The van der Waals surface area contributed by atoms with Gasteiger partial charge in [0.15, 0.2) is 0 Å². The van der Waals surface area contributed by atoms with E-state index in [1.807, 2.05) is 4.90 Å². The molecule has 0 radical (unpaired) electrons. The molecule has 1 saturated carbocycles. The third kappa shape index (κ3) is 3.26. The minimum atomic E-state index is -0.228. The van der Waals surface area contributed by atoms with E-state index >= 15 is 0 Å². The summed E-state index contributed by atoms with van der Waals surface area (Å²) in [6.07, 6.45) is 2.61. The van der Waals surface area contributed by atoms with E-state index in [0.717, 1.165) is 24.8 Å². The second-order valence-corrected chi connectivity index (χ2v) is 7.02. The van der Waals surface area contributed by atoms with Gasteiger partial charge in [0.05, 0.1) is 18.8 Å². The van der Waals surface area contributed by atoms with Gasteiger partial charge in [0.1, 0.15) is 5.82 Å². The number of hydrogen-bond acceptors (Lipinski definition) is 3. The zero-order valence-corrected chi connectivity index (χ0v) is 13.7. The number of morpholine rings is 1. The highest BCUT2D eigenvalue weighted by Crippen LogP contribution is 2.41. The highest BCUT2D eigenvalue weighted by atomic mass is 19.1. The highest BCUT2D eigenvalue weighted by molar-refractivity contribution is 5.75. The van der Waals surface area contributed by atoms with Crippen LogP contribution in [-0.2, 0) is 9.47 Å². The highest BCUT2D eigenvalue weighted by Gasteiger charge is 2.43. The summed E-state index contributed by atoms with van der Waals surface area (Å²) in [5.74, 6) is 0.0719. The Morgan fingerprint density at radius 3 is 2.71 bits per heavy atom. The predicted molar refractivity (Wildman–Crippen MR) is 86.4 cm³/mol. The van der Waals surface area contributed by atoms with E-state index in [-0.39, 0.29) is 23.5 Å². The third-order valence-electron chi connectivity index (χ3n) is 5.34. The Morgan fingerprint density at radius 2 is 1.96 bits per heavy atom. The van der Waals surface area contributed by atoms with Crippen LogP contribution in [-0.4, -0.2) is 55.5 Å². The van der Waals surface area contributed by atoms with Crippen molar-refractivity contribution in [2.45, 2.75) is 36.8 Å². The van der Waals surface area contributed by atoms with Gasteiger partial charge in [-0.1, -0.05) is 12.1 Å². The molecule has 0 aromatic heterocycles. The zero-order chi connectivity index (χ0) is 16.6. The van der Waals surface area contributed by atoms with Crippen molar-refractivity contribution in [2.24, 2.45) is 0 Å². The molecule has 6 heteroatoms. The number of amides is 2. The van der Waals surface area contributed by atoms with Gasteiger partial charge in [-0.15, -0.1) is 0 Å². The number of benzene rings is 1. The summed E-state index contributed by atoms with van der Waals surface area (Å²) in [6, 6.07) is 6.69. The first-order valence-electron chi connectivity index (χ1n) is 8.68. The number of rotatable bonds is 2. The van der Waals surface area contributed by atoms with E-state index in [0.29, 0.717) is 38.8 Å². The monoisotopic (exact) mass is 334 g/mol. The molecule has 2 aliphatic heterocycles. The van der Waals surface area contributed by atoms with Crippen LogP contribution in [0.2, 0.25) is 0 Å². The van der Waals surface area contributed by atoms with E-state index in [1.54, 1.807) is 12.1 Å². The van der Waals surface area contributed by atoms with Crippen LogP contribution >= 0.6 is 0 Å². The Hall–Kier alpha value is -1.66. The minimum absolute atomic E-state index is 0.0150. The molecule has 0 bridgehead atoms. The van der Waals surface area contributed by atoms with Gasteiger partial charge in [-0.3, -0.25) is 0 Å². The summed E-state index contributed by atoms with van der Waals surface area (Å²) in [4.78, 5) is 14.4. The maximum Gasteiger partial charge on any atom is 0.317 e. The molecule has 2 amide bonds. The fourth-order valence-electron chi connectivity index (χ4n) is 3.75. The molecule has 3 fully saturated rings. The first-order valence-corrected chi connectivity index (χ1v) is 8.68. The summed E-state index contributed by atoms with van der Waals surface area (Å²) in [7, 11) is 0. The van der Waals surface area contributed by atoms with Crippen molar-refractivity contribution < 1.29 is 18.7 Å². The molecule has 1 aromatic carbocycles. The molecule has 5 nitrogen and oxygen atoms in total. The zero-order valence-electron chi connectivity index (χ0n) is 13.7. The molecule has 130 valence electrons. The molecule has 4 rings (SSSR count). The number of carbonyl (C=O) groups is 1. The van der Waals surface area contributed by atoms with Gasteiger partial charge >= 0.3 is 6.03 Å². The molecule has 2 saturated heterocycles. The van der Waals surface area contributed by atoms with Crippen LogP contribution in [0, 0.1) is 5.82 Å². The van der Waals surface area contributed by atoms with Crippen molar-refractivity contribution in [3.8, 4) is 0 Å². The quantitative estimate of drug-likeness (QED) is 0.903. The number of nitrogens with zero attached hydrogens (tertiary/aromatic N) is 1. The first kappa shape index (κ1) is 15.8. The van der Waals surface area contributed by atoms with E-state index in [4.69, 9.17) is 9.47 Å². The number of urea groups is 1. The predicted octanol–water partition coefficient (Wildman–Crippen LogP) is 2.27. The largest absolute Gasteiger partial charge is 0.381 e. The Bertz CT molecular complexity index is 595. The number of hydrogen-bond donors (Lipinski definition) is 1. The van der Waals surface area contributed by atoms with Crippen LogP contribution in [0.15, 0.2) is 24.3 Å². The molecule has 1 aliphatic carbocycles. The first-order chi connectivity index (χ1) is 11.7. The normalized spacial score (nSPS) is 28.6. The summed E-state index contributed by atoms with van der Waals surface area (Å²) in [5.41, 5.74) is 0.859.